The monoisotopic (exact) mass is 208 g/mol. The Balaban J connectivity index is 1.86. The van der Waals surface area contributed by atoms with Crippen LogP contribution >= 0.6 is 11.6 Å². The van der Waals surface area contributed by atoms with Gasteiger partial charge in [-0.3, -0.25) is 0 Å². The molecule has 3 atom stereocenters. The minimum absolute atomic E-state index is 0.588. The molecule has 14 heavy (non-hydrogen) atoms. The number of nitrogens with zero attached hydrogens (tertiary/aromatic N) is 1. The normalized spacial score (nSPS) is 35.1. The van der Waals surface area contributed by atoms with Gasteiger partial charge in [-0.2, -0.15) is 0 Å². The number of nitrogens with one attached hydrogen (secondary N) is 1. The minimum Gasteiger partial charge on any atom is -0.311 e. The van der Waals surface area contributed by atoms with Crippen LogP contribution in [-0.2, 0) is 0 Å². The van der Waals surface area contributed by atoms with Crippen molar-refractivity contribution in [3.05, 3.63) is 29.0 Å². The van der Waals surface area contributed by atoms with Crippen LogP contribution in [0.1, 0.15) is 30.7 Å². The largest absolute Gasteiger partial charge is 0.311 e. The third kappa shape index (κ3) is 1.33. The van der Waals surface area contributed by atoms with Crippen molar-refractivity contribution in [2.24, 2.45) is 0 Å². The number of halogens is 1. The van der Waals surface area contributed by atoms with Gasteiger partial charge in [0, 0.05) is 24.2 Å². The van der Waals surface area contributed by atoms with Crippen LogP contribution < -0.4 is 5.32 Å². The van der Waals surface area contributed by atoms with Crippen LogP contribution in [0, 0.1) is 0 Å². The van der Waals surface area contributed by atoms with Gasteiger partial charge in [0.15, 0.2) is 0 Å². The Labute approximate surface area is 88.7 Å². The molecule has 2 aliphatic rings. The number of hydrogen-bond acceptors (Lipinski definition) is 2. The van der Waals surface area contributed by atoms with Crippen LogP contribution in [0.4, 0.5) is 0 Å². The van der Waals surface area contributed by atoms with Gasteiger partial charge >= 0.3 is 0 Å². The molecular formula is C11H13ClN2. The zero-order chi connectivity index (χ0) is 9.54. The lowest BCUT2D eigenvalue weighted by Crippen LogP contribution is -2.21. The highest BCUT2D eigenvalue weighted by Crippen LogP contribution is 2.39. The first-order chi connectivity index (χ1) is 6.83. The van der Waals surface area contributed by atoms with Gasteiger partial charge in [0.1, 0.15) is 5.15 Å². The number of fused-ring (bicyclic) bond motifs is 2. The fourth-order valence-corrected chi connectivity index (χ4v) is 2.91. The lowest BCUT2D eigenvalue weighted by Gasteiger charge is -2.19. The van der Waals surface area contributed by atoms with Gasteiger partial charge in [0.05, 0.1) is 0 Å². The van der Waals surface area contributed by atoms with Gasteiger partial charge in [0.25, 0.3) is 0 Å². The summed E-state index contributed by atoms with van der Waals surface area (Å²) in [5, 5.41) is 4.22. The SMILES string of the molecule is Clc1ccc([C@H]2C[C@@H]3CCC2N3)cn1. The molecule has 1 N–H and O–H groups in total. The summed E-state index contributed by atoms with van der Waals surface area (Å²) in [4.78, 5) is 4.14. The molecule has 1 aromatic rings. The Morgan fingerprint density at radius 2 is 2.29 bits per heavy atom. The fraction of sp³-hybridized carbons (Fsp3) is 0.545. The third-order valence-corrected chi connectivity index (χ3v) is 3.70. The van der Waals surface area contributed by atoms with Crippen LogP contribution in [0.25, 0.3) is 0 Å². The summed E-state index contributed by atoms with van der Waals surface area (Å²) in [7, 11) is 0. The van der Waals surface area contributed by atoms with E-state index in [0.717, 1.165) is 6.04 Å². The van der Waals surface area contributed by atoms with E-state index in [2.05, 4.69) is 16.4 Å². The van der Waals surface area contributed by atoms with Crippen molar-refractivity contribution in [2.75, 3.05) is 0 Å². The molecule has 0 aromatic carbocycles. The van der Waals surface area contributed by atoms with Crippen molar-refractivity contribution in [3.8, 4) is 0 Å². The first-order valence-electron chi connectivity index (χ1n) is 5.20. The average Bonchev–Trinajstić information content (AvgIpc) is 2.80. The fourth-order valence-electron chi connectivity index (χ4n) is 2.80. The number of aromatic nitrogens is 1. The summed E-state index contributed by atoms with van der Waals surface area (Å²) in [6.45, 7) is 0. The Morgan fingerprint density at radius 1 is 1.36 bits per heavy atom. The highest BCUT2D eigenvalue weighted by Gasteiger charge is 2.39. The Kier molecular flexibility index (Phi) is 1.99. The zero-order valence-corrected chi connectivity index (χ0v) is 8.67. The molecule has 1 aromatic heterocycles. The second kappa shape index (κ2) is 3.21. The van der Waals surface area contributed by atoms with E-state index >= 15 is 0 Å². The van der Waals surface area contributed by atoms with Crippen molar-refractivity contribution in [1.82, 2.24) is 10.3 Å². The van der Waals surface area contributed by atoms with Gasteiger partial charge in [0.2, 0.25) is 0 Å². The maximum Gasteiger partial charge on any atom is 0.129 e. The third-order valence-electron chi connectivity index (χ3n) is 3.48. The van der Waals surface area contributed by atoms with E-state index in [-0.39, 0.29) is 0 Å². The smallest absolute Gasteiger partial charge is 0.129 e. The molecule has 2 fully saturated rings. The molecule has 74 valence electrons. The van der Waals surface area contributed by atoms with Crippen molar-refractivity contribution >= 4 is 11.6 Å². The molecule has 2 nitrogen and oxygen atoms in total. The Hall–Kier alpha value is -0.600. The van der Waals surface area contributed by atoms with Crippen LogP contribution in [0.3, 0.4) is 0 Å². The molecule has 3 heteroatoms. The maximum absolute atomic E-state index is 5.77. The van der Waals surface area contributed by atoms with Gasteiger partial charge in [-0.15, -0.1) is 0 Å². The summed E-state index contributed by atoms with van der Waals surface area (Å²) in [5.41, 5.74) is 1.34. The van der Waals surface area contributed by atoms with E-state index in [1.165, 1.54) is 24.8 Å². The summed E-state index contributed by atoms with van der Waals surface area (Å²) in [6, 6.07) is 5.44. The van der Waals surface area contributed by atoms with Gasteiger partial charge in [-0.05, 0) is 30.9 Å². The summed E-state index contributed by atoms with van der Waals surface area (Å²) in [6.07, 6.45) is 5.86. The van der Waals surface area contributed by atoms with Crippen LogP contribution in [0.5, 0.6) is 0 Å². The van der Waals surface area contributed by atoms with E-state index < -0.39 is 0 Å². The van der Waals surface area contributed by atoms with E-state index in [1.54, 1.807) is 0 Å². The molecule has 2 aliphatic heterocycles. The summed E-state index contributed by atoms with van der Waals surface area (Å²) < 4.78 is 0. The van der Waals surface area contributed by atoms with E-state index in [0.29, 0.717) is 17.1 Å². The molecule has 2 bridgehead atoms. The molecule has 0 radical (unpaired) electrons. The molecule has 3 heterocycles. The van der Waals surface area contributed by atoms with E-state index in [1.807, 2.05) is 12.3 Å². The highest BCUT2D eigenvalue weighted by atomic mass is 35.5. The minimum atomic E-state index is 0.588. The highest BCUT2D eigenvalue weighted by molar-refractivity contribution is 6.29. The lowest BCUT2D eigenvalue weighted by atomic mass is 9.85. The maximum atomic E-state index is 5.77. The predicted octanol–water partition coefficient (Wildman–Crippen LogP) is 2.34. The molecule has 0 spiro atoms. The van der Waals surface area contributed by atoms with Gasteiger partial charge in [-0.1, -0.05) is 17.7 Å². The molecule has 0 aliphatic carbocycles. The molecular weight excluding hydrogens is 196 g/mol. The van der Waals surface area contributed by atoms with Crippen molar-refractivity contribution < 1.29 is 0 Å². The molecule has 0 amide bonds. The van der Waals surface area contributed by atoms with Crippen LogP contribution in [-0.4, -0.2) is 17.1 Å². The van der Waals surface area contributed by atoms with Crippen molar-refractivity contribution in [3.63, 3.8) is 0 Å². The lowest BCUT2D eigenvalue weighted by molar-refractivity contribution is 0.505. The Bertz CT molecular complexity index is 336. The molecule has 2 saturated heterocycles. The van der Waals surface area contributed by atoms with Crippen LogP contribution in [0.2, 0.25) is 5.15 Å². The average molecular weight is 209 g/mol. The first-order valence-corrected chi connectivity index (χ1v) is 5.58. The molecule has 3 rings (SSSR count). The summed E-state index contributed by atoms with van der Waals surface area (Å²) in [5.74, 6) is 0.665. The number of hydrogen-bond donors (Lipinski definition) is 1. The number of rotatable bonds is 1. The first kappa shape index (κ1) is 8.69. The second-order valence-electron chi connectivity index (χ2n) is 4.30. The molecule has 1 unspecified atom stereocenters. The topological polar surface area (TPSA) is 24.9 Å². The van der Waals surface area contributed by atoms with E-state index in [9.17, 15) is 0 Å². The molecule has 0 saturated carbocycles. The Morgan fingerprint density at radius 3 is 2.86 bits per heavy atom. The van der Waals surface area contributed by atoms with E-state index in [4.69, 9.17) is 11.6 Å². The second-order valence-corrected chi connectivity index (χ2v) is 4.69. The zero-order valence-electron chi connectivity index (χ0n) is 7.91. The quantitative estimate of drug-likeness (QED) is 0.717. The standard InChI is InChI=1S/C11H13ClN2/c12-11-4-1-7(6-13-11)9-5-8-2-3-10(9)14-8/h1,4,6,8-10,14H,2-3,5H2/t8-,9+,10?/m0/s1. The number of pyridine rings is 1. The van der Waals surface area contributed by atoms with Crippen molar-refractivity contribution in [1.29, 1.82) is 0 Å². The summed E-state index contributed by atoms with van der Waals surface area (Å²) >= 11 is 5.77. The predicted molar refractivity (Wildman–Crippen MR) is 56.6 cm³/mol. The van der Waals surface area contributed by atoms with Crippen molar-refractivity contribution in [2.45, 2.75) is 37.3 Å². The van der Waals surface area contributed by atoms with Crippen LogP contribution in [0.15, 0.2) is 18.3 Å². The van der Waals surface area contributed by atoms with Gasteiger partial charge < -0.3 is 5.32 Å². The van der Waals surface area contributed by atoms with Gasteiger partial charge in [-0.25, -0.2) is 4.98 Å².